The molecule has 0 aliphatic rings. The van der Waals surface area contributed by atoms with Crippen LogP contribution in [0.4, 0.5) is 0 Å². The molecular weight excluding hydrogens is 176 g/mol. The molecule has 0 saturated heterocycles. The van der Waals surface area contributed by atoms with E-state index in [-0.39, 0.29) is 11.4 Å². The molecule has 0 aromatic heterocycles. The van der Waals surface area contributed by atoms with Crippen molar-refractivity contribution in [2.75, 3.05) is 0 Å². The monoisotopic (exact) mass is 192 g/mol. The fraction of sp³-hybridized carbons (Fsp3) is 0.417. The number of esters is 1. The zero-order valence-electron chi connectivity index (χ0n) is 9.13. The fourth-order valence-electron chi connectivity index (χ4n) is 1.33. The number of hydrogen-bond donors (Lipinski definition) is 0. The summed E-state index contributed by atoms with van der Waals surface area (Å²) in [6.07, 6.45) is 0. The van der Waals surface area contributed by atoms with Gasteiger partial charge in [0.25, 0.3) is 0 Å². The van der Waals surface area contributed by atoms with E-state index in [1.54, 1.807) is 0 Å². The molecule has 0 heterocycles. The predicted octanol–water partition coefficient (Wildman–Crippen LogP) is 2.91. The summed E-state index contributed by atoms with van der Waals surface area (Å²) in [5, 5.41) is 0. The third-order valence-electron chi connectivity index (χ3n) is 1.95. The van der Waals surface area contributed by atoms with E-state index in [2.05, 4.69) is 20.8 Å². The van der Waals surface area contributed by atoms with E-state index in [0.717, 1.165) is 5.56 Å². The second kappa shape index (κ2) is 3.82. The summed E-state index contributed by atoms with van der Waals surface area (Å²) >= 11 is 0. The first-order valence-corrected chi connectivity index (χ1v) is 4.69. The van der Waals surface area contributed by atoms with Crippen molar-refractivity contribution in [1.82, 2.24) is 0 Å². The molecule has 1 rings (SSSR count). The number of hydrogen-bond acceptors (Lipinski definition) is 2. The minimum absolute atomic E-state index is 0.00789. The number of carbonyl (C=O) groups excluding carboxylic acids is 1. The van der Waals surface area contributed by atoms with Crippen molar-refractivity contribution in [3.05, 3.63) is 29.8 Å². The van der Waals surface area contributed by atoms with E-state index < -0.39 is 0 Å². The van der Waals surface area contributed by atoms with Crippen LogP contribution in [0, 0.1) is 0 Å². The van der Waals surface area contributed by atoms with Crippen LogP contribution >= 0.6 is 0 Å². The van der Waals surface area contributed by atoms with Gasteiger partial charge in [-0.1, -0.05) is 39.0 Å². The smallest absolute Gasteiger partial charge is 0.308 e. The van der Waals surface area contributed by atoms with Gasteiger partial charge in [0.05, 0.1) is 0 Å². The molecule has 0 bridgehead atoms. The maximum Gasteiger partial charge on any atom is 0.308 e. The summed E-state index contributed by atoms with van der Waals surface area (Å²) in [6, 6.07) is 7.63. The topological polar surface area (TPSA) is 26.3 Å². The number of benzene rings is 1. The van der Waals surface area contributed by atoms with Crippen molar-refractivity contribution >= 4 is 5.97 Å². The fourth-order valence-corrected chi connectivity index (χ4v) is 1.33. The lowest BCUT2D eigenvalue weighted by Gasteiger charge is -2.21. The normalized spacial score (nSPS) is 11.1. The second-order valence-electron chi connectivity index (χ2n) is 4.34. The SMILES string of the molecule is CC(=O)Oc1ccccc1C(C)(C)C. The largest absolute Gasteiger partial charge is 0.426 e. The van der Waals surface area contributed by atoms with Crippen LogP contribution in [0.2, 0.25) is 0 Å². The highest BCUT2D eigenvalue weighted by molar-refractivity contribution is 5.70. The molecule has 0 radical (unpaired) electrons. The van der Waals surface area contributed by atoms with Gasteiger partial charge in [0, 0.05) is 12.5 Å². The quantitative estimate of drug-likeness (QED) is 0.505. The highest BCUT2D eigenvalue weighted by atomic mass is 16.5. The number of para-hydroxylation sites is 1. The van der Waals surface area contributed by atoms with Crippen LogP contribution in [-0.4, -0.2) is 5.97 Å². The molecule has 0 saturated carbocycles. The van der Waals surface area contributed by atoms with Gasteiger partial charge in [0.1, 0.15) is 5.75 Å². The Balaban J connectivity index is 3.10. The first-order chi connectivity index (χ1) is 6.41. The minimum Gasteiger partial charge on any atom is -0.426 e. The molecule has 0 fully saturated rings. The van der Waals surface area contributed by atoms with Crippen molar-refractivity contribution in [2.24, 2.45) is 0 Å². The molecule has 14 heavy (non-hydrogen) atoms. The Bertz CT molecular complexity index is 334. The summed E-state index contributed by atoms with van der Waals surface area (Å²) < 4.78 is 5.13. The molecule has 76 valence electrons. The van der Waals surface area contributed by atoms with E-state index in [1.165, 1.54) is 6.92 Å². The zero-order chi connectivity index (χ0) is 10.8. The zero-order valence-corrected chi connectivity index (χ0v) is 9.13. The molecule has 0 spiro atoms. The number of rotatable bonds is 1. The lowest BCUT2D eigenvalue weighted by molar-refractivity contribution is -0.131. The molecule has 1 aromatic rings. The van der Waals surface area contributed by atoms with Crippen LogP contribution in [0.5, 0.6) is 5.75 Å². The van der Waals surface area contributed by atoms with Gasteiger partial charge in [-0.2, -0.15) is 0 Å². The van der Waals surface area contributed by atoms with Crippen molar-refractivity contribution in [3.8, 4) is 5.75 Å². The van der Waals surface area contributed by atoms with Crippen LogP contribution in [0.3, 0.4) is 0 Å². The van der Waals surface area contributed by atoms with Crippen molar-refractivity contribution < 1.29 is 9.53 Å². The van der Waals surface area contributed by atoms with Crippen LogP contribution in [0.15, 0.2) is 24.3 Å². The molecule has 0 atom stereocenters. The van der Waals surface area contributed by atoms with Crippen LogP contribution in [-0.2, 0) is 10.2 Å². The Kier molecular flexibility index (Phi) is 2.94. The molecular formula is C12H16O2. The molecule has 2 nitrogen and oxygen atoms in total. The van der Waals surface area contributed by atoms with Crippen LogP contribution < -0.4 is 4.74 Å². The first-order valence-electron chi connectivity index (χ1n) is 4.69. The van der Waals surface area contributed by atoms with Crippen molar-refractivity contribution in [2.45, 2.75) is 33.1 Å². The van der Waals surface area contributed by atoms with Gasteiger partial charge in [-0.3, -0.25) is 4.79 Å². The van der Waals surface area contributed by atoms with Crippen molar-refractivity contribution in [1.29, 1.82) is 0 Å². The van der Waals surface area contributed by atoms with E-state index >= 15 is 0 Å². The van der Waals surface area contributed by atoms with Crippen molar-refractivity contribution in [3.63, 3.8) is 0 Å². The third-order valence-corrected chi connectivity index (χ3v) is 1.95. The average molecular weight is 192 g/mol. The third kappa shape index (κ3) is 2.59. The lowest BCUT2D eigenvalue weighted by Crippen LogP contribution is -2.14. The van der Waals surface area contributed by atoms with Gasteiger partial charge in [-0.25, -0.2) is 0 Å². The predicted molar refractivity (Wildman–Crippen MR) is 56.5 cm³/mol. The van der Waals surface area contributed by atoms with Gasteiger partial charge in [-0.05, 0) is 11.5 Å². The Hall–Kier alpha value is -1.31. The molecule has 1 aromatic carbocycles. The highest BCUT2D eigenvalue weighted by Gasteiger charge is 2.18. The van der Waals surface area contributed by atoms with Gasteiger partial charge in [0.15, 0.2) is 0 Å². The van der Waals surface area contributed by atoms with Gasteiger partial charge in [0.2, 0.25) is 0 Å². The van der Waals surface area contributed by atoms with Gasteiger partial charge < -0.3 is 4.74 Å². The summed E-state index contributed by atoms with van der Waals surface area (Å²) in [5.41, 5.74) is 1.04. The Morgan fingerprint density at radius 2 is 1.79 bits per heavy atom. The highest BCUT2D eigenvalue weighted by Crippen LogP contribution is 2.30. The van der Waals surface area contributed by atoms with E-state index in [0.29, 0.717) is 5.75 Å². The number of ether oxygens (including phenoxy) is 1. The number of carbonyl (C=O) groups is 1. The van der Waals surface area contributed by atoms with Crippen LogP contribution in [0.1, 0.15) is 33.3 Å². The Morgan fingerprint density at radius 3 is 2.29 bits per heavy atom. The van der Waals surface area contributed by atoms with E-state index in [9.17, 15) is 4.79 Å². The van der Waals surface area contributed by atoms with Crippen LogP contribution in [0.25, 0.3) is 0 Å². The van der Waals surface area contributed by atoms with E-state index in [4.69, 9.17) is 4.74 Å². The summed E-state index contributed by atoms with van der Waals surface area (Å²) in [7, 11) is 0. The molecule has 0 unspecified atom stereocenters. The molecule has 2 heteroatoms. The summed E-state index contributed by atoms with van der Waals surface area (Å²) in [5.74, 6) is 0.384. The maximum absolute atomic E-state index is 10.9. The molecule has 0 amide bonds. The summed E-state index contributed by atoms with van der Waals surface area (Å²) in [6.45, 7) is 7.69. The molecule has 0 aliphatic heterocycles. The lowest BCUT2D eigenvalue weighted by atomic mass is 9.86. The average Bonchev–Trinajstić information content (AvgIpc) is 2.01. The summed E-state index contributed by atoms with van der Waals surface area (Å²) in [4.78, 5) is 10.9. The Labute approximate surface area is 84.9 Å². The van der Waals surface area contributed by atoms with E-state index in [1.807, 2.05) is 24.3 Å². The second-order valence-corrected chi connectivity index (χ2v) is 4.34. The first kappa shape index (κ1) is 10.8. The molecule has 0 N–H and O–H groups in total. The molecule has 0 aliphatic carbocycles. The minimum atomic E-state index is -0.276. The van der Waals surface area contributed by atoms with Gasteiger partial charge >= 0.3 is 5.97 Å². The Morgan fingerprint density at radius 1 is 1.21 bits per heavy atom. The standard InChI is InChI=1S/C12H16O2/c1-9(13)14-11-8-6-5-7-10(11)12(2,3)4/h5-8H,1-4H3. The maximum atomic E-state index is 10.9. The van der Waals surface area contributed by atoms with Gasteiger partial charge in [-0.15, -0.1) is 0 Å².